The van der Waals surface area contributed by atoms with Crippen LogP contribution >= 0.6 is 11.8 Å². The number of aryl methyl sites for hydroxylation is 1. The molecule has 41 heavy (non-hydrogen) atoms. The Morgan fingerprint density at radius 2 is 1.85 bits per heavy atom. The van der Waals surface area contributed by atoms with Gasteiger partial charge in [-0.1, -0.05) is 61.2 Å². The molecule has 0 saturated carbocycles. The average Bonchev–Trinajstić information content (AvgIpc) is 3.30. The molecule has 2 aliphatic heterocycles. The molecule has 3 amide bonds. The molecule has 0 bridgehead atoms. The third-order valence-corrected chi connectivity index (χ3v) is 8.11. The van der Waals surface area contributed by atoms with Crippen molar-refractivity contribution in [2.24, 2.45) is 9.98 Å². The maximum Gasteiger partial charge on any atom is 0.259 e. The number of hydrogen-bond donors (Lipinski definition) is 2. The van der Waals surface area contributed by atoms with E-state index in [0.717, 1.165) is 11.1 Å². The number of amidine groups is 2. The summed E-state index contributed by atoms with van der Waals surface area (Å²) in [5, 5.41) is 5.71. The lowest BCUT2D eigenvalue weighted by Gasteiger charge is -2.27. The minimum atomic E-state index is -0.902. The summed E-state index contributed by atoms with van der Waals surface area (Å²) >= 11 is 1.22. The van der Waals surface area contributed by atoms with Crippen LogP contribution in [0.2, 0.25) is 0 Å². The molecule has 0 unspecified atom stereocenters. The molecule has 0 aromatic heterocycles. The zero-order valence-electron chi connectivity index (χ0n) is 23.1. The Morgan fingerprint density at radius 1 is 1.07 bits per heavy atom. The van der Waals surface area contributed by atoms with Crippen molar-refractivity contribution in [2.75, 3.05) is 12.4 Å². The fourth-order valence-corrected chi connectivity index (χ4v) is 5.72. The first-order valence-electron chi connectivity index (χ1n) is 13.4. The molecule has 10 heteroatoms. The smallest absolute Gasteiger partial charge is 0.259 e. The Labute approximate surface area is 243 Å². The highest BCUT2D eigenvalue weighted by atomic mass is 32.2. The van der Waals surface area contributed by atoms with Crippen molar-refractivity contribution in [3.8, 4) is 5.75 Å². The lowest BCUT2D eigenvalue weighted by Crippen LogP contribution is -2.43. The molecule has 0 fully saturated rings. The first-order chi connectivity index (χ1) is 19.9. The van der Waals surface area contributed by atoms with Gasteiger partial charge in [0.2, 0.25) is 11.8 Å². The number of methoxy groups -OCH3 is 1. The van der Waals surface area contributed by atoms with E-state index in [2.05, 4.69) is 15.6 Å². The summed E-state index contributed by atoms with van der Waals surface area (Å²) in [4.78, 5) is 50.6. The first-order valence-corrected chi connectivity index (χ1v) is 14.3. The van der Waals surface area contributed by atoms with Gasteiger partial charge in [0.25, 0.3) is 5.91 Å². The molecule has 0 aliphatic carbocycles. The number of nitrogens with one attached hydrogen (secondary N) is 2. The number of carbonyl (C=O) groups excluding carboxylic acids is 3. The van der Waals surface area contributed by atoms with Crippen molar-refractivity contribution in [2.45, 2.75) is 44.5 Å². The topological polar surface area (TPSA) is 112 Å². The van der Waals surface area contributed by atoms with Gasteiger partial charge in [0.05, 0.1) is 24.5 Å². The van der Waals surface area contributed by atoms with Crippen LogP contribution in [-0.2, 0) is 20.9 Å². The average molecular weight is 570 g/mol. The van der Waals surface area contributed by atoms with Gasteiger partial charge < -0.3 is 15.4 Å². The van der Waals surface area contributed by atoms with Crippen molar-refractivity contribution in [3.63, 3.8) is 0 Å². The largest absolute Gasteiger partial charge is 0.496 e. The van der Waals surface area contributed by atoms with Crippen LogP contribution in [0.3, 0.4) is 0 Å². The molecular weight excluding hydrogens is 538 g/mol. The van der Waals surface area contributed by atoms with Gasteiger partial charge in [-0.25, -0.2) is 9.89 Å². The molecule has 2 atom stereocenters. The summed E-state index contributed by atoms with van der Waals surface area (Å²) in [6.07, 6.45) is 0.408. The van der Waals surface area contributed by atoms with Gasteiger partial charge in [0.15, 0.2) is 5.17 Å². The number of anilines is 1. The van der Waals surface area contributed by atoms with E-state index in [1.807, 2.05) is 86.6 Å². The highest BCUT2D eigenvalue weighted by molar-refractivity contribution is 8.15. The van der Waals surface area contributed by atoms with Crippen molar-refractivity contribution in [1.82, 2.24) is 10.2 Å². The van der Waals surface area contributed by atoms with Crippen molar-refractivity contribution in [3.05, 3.63) is 89.5 Å². The lowest BCUT2D eigenvalue weighted by molar-refractivity contribution is -0.128. The summed E-state index contributed by atoms with van der Waals surface area (Å²) < 4.78 is 5.36. The van der Waals surface area contributed by atoms with Crippen molar-refractivity contribution < 1.29 is 19.1 Å². The number of para-hydroxylation sites is 2. The van der Waals surface area contributed by atoms with Crippen LogP contribution in [0.1, 0.15) is 36.5 Å². The fourth-order valence-electron chi connectivity index (χ4n) is 4.70. The number of benzene rings is 3. The molecule has 9 nitrogen and oxygen atoms in total. The Morgan fingerprint density at radius 3 is 2.63 bits per heavy atom. The molecular formula is C31H31N5O4S. The molecule has 210 valence electrons. The zero-order valence-corrected chi connectivity index (χ0v) is 23.9. The SMILES string of the molecule is CC[C@@H](SC1=Nc2ccccc2C2=N[C@H](CC(=O)NCc3ccccc3OC)C(=O)N12)C(=O)Nc1cccc(C)c1. The van der Waals surface area contributed by atoms with E-state index in [1.165, 1.54) is 16.7 Å². The highest BCUT2D eigenvalue weighted by Crippen LogP contribution is 2.36. The van der Waals surface area contributed by atoms with E-state index in [4.69, 9.17) is 9.73 Å². The summed E-state index contributed by atoms with van der Waals surface area (Å²) in [5.74, 6) is 0.291. The van der Waals surface area contributed by atoms with E-state index in [1.54, 1.807) is 7.11 Å². The molecule has 2 heterocycles. The van der Waals surface area contributed by atoms with Crippen LogP contribution in [0.25, 0.3) is 0 Å². The van der Waals surface area contributed by atoms with Crippen molar-refractivity contribution in [1.29, 1.82) is 0 Å². The lowest BCUT2D eigenvalue weighted by atomic mass is 10.1. The van der Waals surface area contributed by atoms with Crippen LogP contribution in [-0.4, -0.2) is 52.0 Å². The van der Waals surface area contributed by atoms with Gasteiger partial charge in [-0.15, -0.1) is 0 Å². The van der Waals surface area contributed by atoms with E-state index in [-0.39, 0.29) is 30.7 Å². The van der Waals surface area contributed by atoms with Gasteiger partial charge in [0, 0.05) is 23.4 Å². The van der Waals surface area contributed by atoms with Crippen LogP contribution < -0.4 is 15.4 Å². The number of ether oxygens (including phenoxy) is 1. The molecule has 2 N–H and O–H groups in total. The molecule has 0 radical (unpaired) electrons. The maximum atomic E-state index is 13.7. The summed E-state index contributed by atoms with van der Waals surface area (Å²) in [5.41, 5.74) is 3.95. The summed E-state index contributed by atoms with van der Waals surface area (Å²) in [6, 6.07) is 21.5. The second kappa shape index (κ2) is 12.4. The number of carbonyl (C=O) groups is 3. The molecule has 3 aromatic rings. The van der Waals surface area contributed by atoms with E-state index in [0.29, 0.717) is 40.1 Å². The second-order valence-corrected chi connectivity index (χ2v) is 10.9. The van der Waals surface area contributed by atoms with Crippen LogP contribution in [0.5, 0.6) is 5.75 Å². The molecule has 3 aromatic carbocycles. The van der Waals surface area contributed by atoms with Crippen LogP contribution in [0, 0.1) is 6.92 Å². The second-order valence-electron chi connectivity index (χ2n) is 9.72. The molecule has 5 rings (SSSR count). The third kappa shape index (κ3) is 6.17. The summed E-state index contributed by atoms with van der Waals surface area (Å²) in [7, 11) is 1.58. The highest BCUT2D eigenvalue weighted by Gasteiger charge is 2.43. The van der Waals surface area contributed by atoms with Gasteiger partial charge in [-0.3, -0.25) is 19.4 Å². The van der Waals surface area contributed by atoms with Gasteiger partial charge in [-0.2, -0.15) is 0 Å². The van der Waals surface area contributed by atoms with Gasteiger partial charge in [0.1, 0.15) is 17.6 Å². The standard InChI is InChI=1S/C31H31N5O4S/c1-4-26(29(38)33-21-12-9-10-19(2)16-21)41-31-35-23-14-7-6-13-22(23)28-34-24(30(39)36(28)31)17-27(37)32-18-20-11-5-8-15-25(20)40-3/h5-16,24,26H,4,17-18H2,1-3H3,(H,32,37)(H,33,38)/t24-,26-/m1/s1. The number of thioether (sulfide) groups is 1. The molecule has 0 saturated heterocycles. The number of rotatable bonds is 9. The van der Waals surface area contributed by atoms with Crippen molar-refractivity contribution >= 4 is 51.9 Å². The normalized spacial score (nSPS) is 16.2. The molecule has 2 aliphatic rings. The minimum Gasteiger partial charge on any atom is -0.496 e. The zero-order chi connectivity index (χ0) is 28.9. The number of amides is 3. The van der Waals surface area contributed by atoms with E-state index in [9.17, 15) is 14.4 Å². The van der Waals surface area contributed by atoms with Crippen LogP contribution in [0.15, 0.2) is 82.8 Å². The third-order valence-electron chi connectivity index (χ3n) is 6.79. The predicted molar refractivity (Wildman–Crippen MR) is 162 cm³/mol. The van der Waals surface area contributed by atoms with Crippen LogP contribution in [0.4, 0.5) is 11.4 Å². The monoisotopic (exact) mass is 569 g/mol. The quantitative estimate of drug-likeness (QED) is 0.384. The first kappa shape index (κ1) is 28.1. The number of fused-ring (bicyclic) bond motifs is 3. The number of aliphatic imine (C=N–C) groups is 2. The molecule has 0 spiro atoms. The number of nitrogens with zero attached hydrogens (tertiary/aromatic N) is 3. The fraction of sp³-hybridized carbons (Fsp3) is 0.258. The van der Waals surface area contributed by atoms with E-state index >= 15 is 0 Å². The minimum absolute atomic E-state index is 0.112. The Hall–Kier alpha value is -4.44. The Balaban J connectivity index is 1.33. The van der Waals surface area contributed by atoms with E-state index < -0.39 is 11.3 Å². The predicted octanol–water partition coefficient (Wildman–Crippen LogP) is 4.82. The maximum absolute atomic E-state index is 13.7. The summed E-state index contributed by atoms with van der Waals surface area (Å²) in [6.45, 7) is 4.15. The number of hydrogen-bond acceptors (Lipinski definition) is 7. The Kier molecular flexibility index (Phi) is 8.49. The van der Waals surface area contributed by atoms with Gasteiger partial charge in [-0.05, 0) is 49.2 Å². The van der Waals surface area contributed by atoms with Gasteiger partial charge >= 0.3 is 0 Å². The Bertz CT molecular complexity index is 1550.